The molecule has 0 radical (unpaired) electrons. The minimum atomic E-state index is -4.57. The molecule has 2 amide bonds. The third-order valence-corrected chi connectivity index (χ3v) is 6.36. The van der Waals surface area contributed by atoms with Gasteiger partial charge >= 0.3 is 6.18 Å². The van der Waals surface area contributed by atoms with Gasteiger partial charge in [-0.3, -0.25) is 9.59 Å². The molecular weight excluding hydrogens is 437 g/mol. The minimum Gasteiger partial charge on any atom is -0.322 e. The zero-order chi connectivity index (χ0) is 22.7. The predicted octanol–water partition coefficient (Wildman–Crippen LogP) is 5.73. The van der Waals surface area contributed by atoms with Gasteiger partial charge in [0.2, 0.25) is 5.91 Å². The maximum Gasteiger partial charge on any atom is 0.418 e. The first-order valence-corrected chi connectivity index (χ1v) is 10.9. The molecule has 1 unspecified atom stereocenters. The first-order valence-electron chi connectivity index (χ1n) is 9.85. The average molecular weight is 456 g/mol. The smallest absolute Gasteiger partial charge is 0.322 e. The van der Waals surface area contributed by atoms with Gasteiger partial charge in [-0.2, -0.15) is 13.2 Å². The number of carbonyl (C=O) groups is 2. The van der Waals surface area contributed by atoms with Crippen LogP contribution in [-0.4, -0.2) is 22.5 Å². The summed E-state index contributed by atoms with van der Waals surface area (Å²) in [6.07, 6.45) is -4.57. The highest BCUT2D eigenvalue weighted by molar-refractivity contribution is 8.00. The Morgan fingerprint density at radius 3 is 2.31 bits per heavy atom. The SMILES string of the molecule is O=C(Nc1ccccc1C(F)(F)F)c1ccc(C2SCC(=O)N2Cc2ccccc2)cc1. The molecule has 4 nitrogen and oxygen atoms in total. The van der Waals surface area contributed by atoms with Gasteiger partial charge in [0, 0.05) is 12.1 Å². The molecule has 1 N–H and O–H groups in total. The van der Waals surface area contributed by atoms with Crippen LogP contribution in [0, 0.1) is 0 Å². The lowest BCUT2D eigenvalue weighted by molar-refractivity contribution is -0.137. The van der Waals surface area contributed by atoms with Crippen LogP contribution in [0.3, 0.4) is 0 Å². The van der Waals surface area contributed by atoms with Gasteiger partial charge in [0.25, 0.3) is 5.91 Å². The molecule has 0 saturated carbocycles. The Labute approximate surface area is 187 Å². The van der Waals surface area contributed by atoms with Crippen LogP contribution in [0.5, 0.6) is 0 Å². The Hall–Kier alpha value is -3.26. The monoisotopic (exact) mass is 456 g/mol. The number of para-hydroxylation sites is 1. The van der Waals surface area contributed by atoms with E-state index < -0.39 is 17.6 Å². The summed E-state index contributed by atoms with van der Waals surface area (Å²) in [4.78, 5) is 26.7. The normalized spacial score (nSPS) is 16.3. The molecule has 3 aromatic carbocycles. The molecule has 1 heterocycles. The first-order chi connectivity index (χ1) is 15.3. The number of benzene rings is 3. The number of rotatable bonds is 5. The topological polar surface area (TPSA) is 49.4 Å². The molecule has 1 aliphatic heterocycles. The van der Waals surface area contributed by atoms with Crippen LogP contribution in [0.25, 0.3) is 0 Å². The van der Waals surface area contributed by atoms with Gasteiger partial charge in [-0.25, -0.2) is 0 Å². The quantitative estimate of drug-likeness (QED) is 0.533. The highest BCUT2D eigenvalue weighted by Gasteiger charge is 2.34. The van der Waals surface area contributed by atoms with Crippen molar-refractivity contribution in [3.05, 3.63) is 101 Å². The molecule has 0 aliphatic carbocycles. The number of carbonyl (C=O) groups excluding carboxylic acids is 2. The fraction of sp³-hybridized carbons (Fsp3) is 0.167. The molecular formula is C24H19F3N2O2S. The summed E-state index contributed by atoms with van der Waals surface area (Å²) in [5.74, 6) is -0.229. The van der Waals surface area contributed by atoms with Crippen molar-refractivity contribution >= 4 is 29.3 Å². The number of amides is 2. The molecule has 3 aromatic rings. The lowest BCUT2D eigenvalue weighted by Crippen LogP contribution is -2.27. The van der Waals surface area contributed by atoms with Gasteiger partial charge in [0.1, 0.15) is 5.37 Å². The Morgan fingerprint density at radius 2 is 1.62 bits per heavy atom. The summed E-state index contributed by atoms with van der Waals surface area (Å²) in [6.45, 7) is 0.480. The van der Waals surface area contributed by atoms with Gasteiger partial charge in [-0.1, -0.05) is 54.6 Å². The maximum atomic E-state index is 13.2. The van der Waals surface area contributed by atoms with Crippen molar-refractivity contribution in [2.45, 2.75) is 18.1 Å². The molecule has 0 spiro atoms. The molecule has 8 heteroatoms. The molecule has 4 rings (SSSR count). The second-order valence-corrected chi connectivity index (χ2v) is 8.36. The van der Waals surface area contributed by atoms with Crippen molar-refractivity contribution < 1.29 is 22.8 Å². The fourth-order valence-corrected chi connectivity index (χ4v) is 4.70. The minimum absolute atomic E-state index is 0.0365. The summed E-state index contributed by atoms with van der Waals surface area (Å²) in [6, 6.07) is 21.1. The van der Waals surface area contributed by atoms with Gasteiger partial charge in [-0.05, 0) is 35.4 Å². The number of hydrogen-bond acceptors (Lipinski definition) is 3. The molecule has 32 heavy (non-hydrogen) atoms. The van der Waals surface area contributed by atoms with Crippen molar-refractivity contribution in [1.82, 2.24) is 4.90 Å². The van der Waals surface area contributed by atoms with E-state index in [-0.39, 0.29) is 22.5 Å². The van der Waals surface area contributed by atoms with E-state index in [1.807, 2.05) is 30.3 Å². The highest BCUT2D eigenvalue weighted by atomic mass is 32.2. The molecule has 164 valence electrons. The molecule has 1 atom stereocenters. The molecule has 1 saturated heterocycles. The van der Waals surface area contributed by atoms with E-state index in [2.05, 4.69) is 5.32 Å². The standard InChI is InChI=1S/C24H19F3N2O2S/c25-24(26,27)19-8-4-5-9-20(19)28-22(31)17-10-12-18(13-11-17)23-29(21(30)15-32-23)14-16-6-2-1-3-7-16/h1-13,23H,14-15H2,(H,28,31). The van der Waals surface area contributed by atoms with Crippen molar-refractivity contribution in [2.75, 3.05) is 11.1 Å². The summed E-state index contributed by atoms with van der Waals surface area (Å²) < 4.78 is 39.5. The van der Waals surface area contributed by atoms with Gasteiger partial charge in [0.05, 0.1) is 17.0 Å². The van der Waals surface area contributed by atoms with E-state index in [4.69, 9.17) is 0 Å². The zero-order valence-electron chi connectivity index (χ0n) is 16.8. The van der Waals surface area contributed by atoms with Crippen LogP contribution in [-0.2, 0) is 17.5 Å². The van der Waals surface area contributed by atoms with Crippen molar-refractivity contribution in [2.24, 2.45) is 0 Å². The number of halogens is 3. The van der Waals surface area contributed by atoms with Crippen LogP contribution in [0.4, 0.5) is 18.9 Å². The molecule has 0 aromatic heterocycles. The zero-order valence-corrected chi connectivity index (χ0v) is 17.6. The van der Waals surface area contributed by atoms with E-state index in [0.717, 1.165) is 17.2 Å². The van der Waals surface area contributed by atoms with Crippen molar-refractivity contribution in [3.63, 3.8) is 0 Å². The summed E-state index contributed by atoms with van der Waals surface area (Å²) >= 11 is 1.50. The first kappa shape index (κ1) is 22.0. The Bertz CT molecular complexity index is 1120. The fourth-order valence-electron chi connectivity index (χ4n) is 3.51. The second kappa shape index (κ2) is 9.08. The van der Waals surface area contributed by atoms with Gasteiger partial charge in [0.15, 0.2) is 0 Å². The number of hydrogen-bond donors (Lipinski definition) is 1. The largest absolute Gasteiger partial charge is 0.418 e. The maximum absolute atomic E-state index is 13.2. The van der Waals surface area contributed by atoms with E-state index in [1.54, 1.807) is 29.2 Å². The van der Waals surface area contributed by atoms with Crippen molar-refractivity contribution in [1.29, 1.82) is 0 Å². The van der Waals surface area contributed by atoms with E-state index in [1.165, 1.54) is 30.0 Å². The second-order valence-electron chi connectivity index (χ2n) is 7.29. The van der Waals surface area contributed by atoms with Crippen LogP contribution in [0.2, 0.25) is 0 Å². The molecule has 1 aliphatic rings. The average Bonchev–Trinajstić information content (AvgIpc) is 3.14. The van der Waals surface area contributed by atoms with Crippen LogP contribution < -0.4 is 5.32 Å². The number of nitrogens with one attached hydrogen (secondary N) is 1. The summed E-state index contributed by atoms with van der Waals surface area (Å²) in [5.41, 5.74) is 0.911. The Kier molecular flexibility index (Phi) is 6.23. The molecule has 1 fully saturated rings. The lowest BCUT2D eigenvalue weighted by atomic mass is 10.1. The number of thioether (sulfide) groups is 1. The predicted molar refractivity (Wildman–Crippen MR) is 118 cm³/mol. The van der Waals surface area contributed by atoms with E-state index >= 15 is 0 Å². The van der Waals surface area contributed by atoms with E-state index in [0.29, 0.717) is 12.3 Å². The lowest BCUT2D eigenvalue weighted by Gasteiger charge is -2.24. The summed E-state index contributed by atoms with van der Waals surface area (Å²) in [5, 5.41) is 2.15. The number of nitrogens with zero attached hydrogens (tertiary/aromatic N) is 1. The number of anilines is 1. The van der Waals surface area contributed by atoms with Gasteiger partial charge in [-0.15, -0.1) is 11.8 Å². The van der Waals surface area contributed by atoms with Crippen LogP contribution in [0.15, 0.2) is 78.9 Å². The molecule has 0 bridgehead atoms. The number of alkyl halides is 3. The van der Waals surface area contributed by atoms with E-state index in [9.17, 15) is 22.8 Å². The highest BCUT2D eigenvalue weighted by Crippen LogP contribution is 2.40. The van der Waals surface area contributed by atoms with Crippen LogP contribution >= 0.6 is 11.8 Å². The van der Waals surface area contributed by atoms with Crippen molar-refractivity contribution in [3.8, 4) is 0 Å². The Balaban J connectivity index is 1.49. The summed E-state index contributed by atoms with van der Waals surface area (Å²) in [7, 11) is 0. The van der Waals surface area contributed by atoms with Gasteiger partial charge < -0.3 is 10.2 Å². The third kappa shape index (κ3) is 4.80. The van der Waals surface area contributed by atoms with Crippen LogP contribution in [0.1, 0.15) is 32.4 Å². The Morgan fingerprint density at radius 1 is 0.969 bits per heavy atom. The third-order valence-electron chi connectivity index (χ3n) is 5.10.